The average Bonchev–Trinajstić information content (AvgIpc) is 3.12. The highest BCUT2D eigenvalue weighted by atomic mass is 15.9. The van der Waals surface area contributed by atoms with Crippen LogP contribution in [0.3, 0.4) is 0 Å². The van der Waals surface area contributed by atoms with E-state index in [-0.39, 0.29) is 5.91 Å². The van der Waals surface area contributed by atoms with Crippen LogP contribution in [-0.2, 0) is 0 Å². The molecule has 0 aromatic carbocycles. The Balaban J connectivity index is 2.82. The van der Waals surface area contributed by atoms with Crippen molar-refractivity contribution in [1.82, 2.24) is 9.80 Å². The van der Waals surface area contributed by atoms with E-state index in [2.05, 4.69) is 65.2 Å². The van der Waals surface area contributed by atoms with Crippen LogP contribution in [0.5, 0.6) is 0 Å². The number of quaternary nitrogens is 2. The minimum absolute atomic E-state index is 0.137. The summed E-state index contributed by atoms with van der Waals surface area (Å²) < 4.78 is 2.52. The number of nitrogens with zero attached hydrogens (tertiary/aromatic N) is 4. The molecule has 1 spiro atoms. The van der Waals surface area contributed by atoms with Crippen LogP contribution in [0, 0.1) is 0 Å². The van der Waals surface area contributed by atoms with Gasteiger partial charge in [0.25, 0.3) is 0 Å². The lowest BCUT2D eigenvalue weighted by Gasteiger charge is -2.58. The second-order valence-electron chi connectivity index (χ2n) is 8.18. The largest absolute Gasteiger partial charge is 0.357 e. The second kappa shape index (κ2) is 7.84. The standard InChI is InChI=1S/C21H46N4/c1-9-19-18-24(13-5,14-6)21(23(19)12-4)22(11-3)17-20(10-2)25(21,15-7)16-8/h19-20H,9-18H2,1-8H3/q+2. The first-order valence-electron chi connectivity index (χ1n) is 11.2. The Bertz CT molecular complexity index is 430. The van der Waals surface area contributed by atoms with Crippen LogP contribution < -0.4 is 0 Å². The Labute approximate surface area is 157 Å². The maximum absolute atomic E-state index is 2.95. The van der Waals surface area contributed by atoms with E-state index in [1.54, 1.807) is 0 Å². The van der Waals surface area contributed by atoms with Gasteiger partial charge >= 0.3 is 5.91 Å². The van der Waals surface area contributed by atoms with E-state index in [1.807, 2.05) is 0 Å². The molecule has 0 N–H and O–H groups in total. The van der Waals surface area contributed by atoms with Crippen LogP contribution in [0.25, 0.3) is 0 Å². The van der Waals surface area contributed by atoms with Gasteiger partial charge < -0.3 is 0 Å². The predicted molar refractivity (Wildman–Crippen MR) is 108 cm³/mol. The fraction of sp³-hybridized carbons (Fsp3) is 1.00. The van der Waals surface area contributed by atoms with E-state index in [4.69, 9.17) is 0 Å². The van der Waals surface area contributed by atoms with Crippen molar-refractivity contribution in [1.29, 1.82) is 0 Å². The SMILES string of the molecule is CCC1C[N+](CC)(CC)C2(N(CC)CC(CC)[N+]2(CC)CC)N1CC. The van der Waals surface area contributed by atoms with Gasteiger partial charge in [0.05, 0.1) is 38.8 Å². The van der Waals surface area contributed by atoms with Gasteiger partial charge in [-0.1, -0.05) is 27.7 Å². The third-order valence-electron chi connectivity index (χ3n) is 8.18. The fourth-order valence-corrected chi connectivity index (χ4v) is 7.07. The van der Waals surface area contributed by atoms with E-state index in [0.717, 1.165) is 6.04 Å². The molecule has 2 heterocycles. The zero-order chi connectivity index (χ0) is 18.9. The Kier molecular flexibility index (Phi) is 6.63. The number of rotatable bonds is 8. The quantitative estimate of drug-likeness (QED) is 0.615. The highest BCUT2D eigenvalue weighted by Crippen LogP contribution is 2.53. The Morgan fingerprint density at radius 2 is 1.40 bits per heavy atom. The van der Waals surface area contributed by atoms with Gasteiger partial charge in [0.1, 0.15) is 12.6 Å². The fourth-order valence-electron chi connectivity index (χ4n) is 7.07. The minimum atomic E-state index is 0.137. The van der Waals surface area contributed by atoms with Crippen LogP contribution in [0.15, 0.2) is 0 Å². The zero-order valence-electron chi connectivity index (χ0n) is 18.5. The molecule has 0 radical (unpaired) electrons. The average molecular weight is 355 g/mol. The molecule has 3 atom stereocenters. The second-order valence-corrected chi connectivity index (χ2v) is 8.18. The van der Waals surface area contributed by atoms with Gasteiger partial charge in [0.2, 0.25) is 0 Å². The molecule has 0 saturated carbocycles. The maximum atomic E-state index is 2.95. The first kappa shape index (κ1) is 21.1. The molecular weight excluding hydrogens is 308 g/mol. The topological polar surface area (TPSA) is 6.48 Å². The molecule has 0 aliphatic carbocycles. The van der Waals surface area contributed by atoms with E-state index >= 15 is 0 Å². The molecule has 2 fully saturated rings. The number of hydrogen-bond acceptors (Lipinski definition) is 2. The van der Waals surface area contributed by atoms with Crippen LogP contribution >= 0.6 is 0 Å². The lowest BCUT2D eigenvalue weighted by molar-refractivity contribution is -1.18. The summed E-state index contributed by atoms with van der Waals surface area (Å²) in [6.07, 6.45) is 2.57. The maximum Gasteiger partial charge on any atom is 0.357 e. The summed E-state index contributed by atoms with van der Waals surface area (Å²) in [5.41, 5.74) is 0. The van der Waals surface area contributed by atoms with Gasteiger partial charge in [-0.25, -0.2) is 8.97 Å². The summed E-state index contributed by atoms with van der Waals surface area (Å²) in [6, 6.07) is 1.47. The molecule has 0 aromatic heterocycles. The van der Waals surface area contributed by atoms with Gasteiger partial charge in [0.15, 0.2) is 0 Å². The molecule has 2 rings (SSSR count). The monoisotopic (exact) mass is 354 g/mol. The first-order valence-corrected chi connectivity index (χ1v) is 11.2. The van der Waals surface area contributed by atoms with Crippen molar-refractivity contribution in [3.8, 4) is 0 Å². The molecule has 25 heavy (non-hydrogen) atoms. The van der Waals surface area contributed by atoms with Crippen molar-refractivity contribution >= 4 is 0 Å². The van der Waals surface area contributed by atoms with Gasteiger partial charge in [-0.2, -0.15) is 9.80 Å². The molecule has 0 amide bonds. The van der Waals surface area contributed by atoms with Crippen molar-refractivity contribution in [2.45, 2.75) is 86.2 Å². The Hall–Kier alpha value is -0.160. The summed E-state index contributed by atoms with van der Waals surface area (Å²) in [7, 11) is 0. The highest BCUT2D eigenvalue weighted by Gasteiger charge is 2.79. The van der Waals surface area contributed by atoms with Gasteiger partial charge in [0, 0.05) is 13.1 Å². The Morgan fingerprint density at radius 1 is 0.800 bits per heavy atom. The lowest BCUT2D eigenvalue weighted by atomic mass is 10.1. The predicted octanol–water partition coefficient (Wildman–Crippen LogP) is 3.54. The van der Waals surface area contributed by atoms with Crippen molar-refractivity contribution in [3.63, 3.8) is 0 Å². The van der Waals surface area contributed by atoms with Crippen molar-refractivity contribution < 1.29 is 8.97 Å². The van der Waals surface area contributed by atoms with Gasteiger partial charge in [-0.15, -0.1) is 0 Å². The van der Waals surface area contributed by atoms with Gasteiger partial charge in [-0.05, 0) is 40.5 Å². The third-order valence-corrected chi connectivity index (χ3v) is 8.18. The van der Waals surface area contributed by atoms with Crippen LogP contribution in [0.4, 0.5) is 0 Å². The highest BCUT2D eigenvalue weighted by molar-refractivity contribution is 4.94. The minimum Gasteiger partial charge on any atom is -0.242 e. The van der Waals surface area contributed by atoms with Crippen molar-refractivity contribution in [3.05, 3.63) is 0 Å². The van der Waals surface area contributed by atoms with Crippen molar-refractivity contribution in [2.24, 2.45) is 0 Å². The summed E-state index contributed by atoms with van der Waals surface area (Å²) in [4.78, 5) is 5.85. The summed E-state index contributed by atoms with van der Waals surface area (Å²) in [6.45, 7) is 29.4. The van der Waals surface area contributed by atoms with Crippen LogP contribution in [0.1, 0.15) is 68.2 Å². The van der Waals surface area contributed by atoms with Crippen molar-refractivity contribution in [2.75, 3.05) is 52.4 Å². The zero-order valence-corrected chi connectivity index (χ0v) is 18.5. The molecule has 0 bridgehead atoms. The van der Waals surface area contributed by atoms with E-state index in [1.165, 1.54) is 74.2 Å². The summed E-state index contributed by atoms with van der Waals surface area (Å²) in [5, 5.41) is 0. The molecule has 2 aliphatic rings. The van der Waals surface area contributed by atoms with E-state index in [9.17, 15) is 0 Å². The molecule has 148 valence electrons. The number of hydrogen-bond donors (Lipinski definition) is 0. The Morgan fingerprint density at radius 3 is 1.76 bits per heavy atom. The molecular formula is C21H46N4+2. The number of likely N-dealkylation sites (N-methyl/N-ethyl adjacent to an activating group) is 4. The summed E-state index contributed by atoms with van der Waals surface area (Å²) in [5.74, 6) is 0.137. The molecule has 2 saturated heterocycles. The normalized spacial score (nSPS) is 35.0. The molecule has 2 aliphatic heterocycles. The molecule has 3 unspecified atom stereocenters. The summed E-state index contributed by atoms with van der Waals surface area (Å²) >= 11 is 0. The lowest BCUT2D eigenvalue weighted by Crippen LogP contribution is -2.84. The first-order chi connectivity index (χ1) is 12.0. The molecule has 4 heteroatoms. The van der Waals surface area contributed by atoms with Crippen LogP contribution in [0.2, 0.25) is 0 Å². The molecule has 4 nitrogen and oxygen atoms in total. The smallest absolute Gasteiger partial charge is 0.242 e. The van der Waals surface area contributed by atoms with E-state index in [0.29, 0.717) is 6.04 Å². The van der Waals surface area contributed by atoms with Gasteiger partial charge in [-0.3, -0.25) is 0 Å². The third kappa shape index (κ3) is 2.40. The molecule has 0 aromatic rings. The van der Waals surface area contributed by atoms with E-state index < -0.39 is 0 Å². The van der Waals surface area contributed by atoms with Crippen LogP contribution in [-0.4, -0.2) is 89.1 Å².